The van der Waals surface area contributed by atoms with Gasteiger partial charge in [-0.15, -0.1) is 0 Å². The Morgan fingerprint density at radius 3 is 2.61 bits per heavy atom. The SMILES string of the molecule is CC(C)C(=O)Nc1ccc(Nc2cccc3cccnc23)cn1. The summed E-state index contributed by atoms with van der Waals surface area (Å²) < 4.78 is 0. The molecule has 0 aliphatic heterocycles. The Morgan fingerprint density at radius 1 is 1.04 bits per heavy atom. The van der Waals surface area contributed by atoms with Crippen LogP contribution in [0, 0.1) is 5.92 Å². The van der Waals surface area contributed by atoms with E-state index in [0.29, 0.717) is 5.82 Å². The van der Waals surface area contributed by atoms with E-state index in [0.717, 1.165) is 22.3 Å². The predicted molar refractivity (Wildman–Crippen MR) is 92.7 cm³/mol. The van der Waals surface area contributed by atoms with Crippen LogP contribution in [0.15, 0.2) is 54.9 Å². The summed E-state index contributed by atoms with van der Waals surface area (Å²) in [4.78, 5) is 20.3. The Balaban J connectivity index is 1.79. The monoisotopic (exact) mass is 306 g/mol. The fourth-order valence-corrected chi connectivity index (χ4v) is 2.17. The van der Waals surface area contributed by atoms with Gasteiger partial charge in [0.05, 0.1) is 23.1 Å². The Morgan fingerprint density at radius 2 is 1.87 bits per heavy atom. The van der Waals surface area contributed by atoms with E-state index in [1.165, 1.54) is 0 Å². The summed E-state index contributed by atoms with van der Waals surface area (Å²) >= 11 is 0. The molecule has 0 saturated carbocycles. The minimum Gasteiger partial charge on any atom is -0.352 e. The zero-order valence-corrected chi connectivity index (χ0v) is 13.1. The number of hydrogen-bond donors (Lipinski definition) is 2. The van der Waals surface area contributed by atoms with Gasteiger partial charge in [-0.2, -0.15) is 0 Å². The molecule has 5 nitrogen and oxygen atoms in total. The number of amides is 1. The van der Waals surface area contributed by atoms with Crippen LogP contribution in [-0.2, 0) is 4.79 Å². The van der Waals surface area contributed by atoms with Crippen LogP contribution < -0.4 is 10.6 Å². The van der Waals surface area contributed by atoms with Crippen molar-refractivity contribution in [3.63, 3.8) is 0 Å². The zero-order chi connectivity index (χ0) is 16.2. The van der Waals surface area contributed by atoms with Crippen molar-refractivity contribution >= 4 is 34.0 Å². The van der Waals surface area contributed by atoms with E-state index in [4.69, 9.17) is 0 Å². The minimum absolute atomic E-state index is 0.0449. The molecule has 1 aromatic carbocycles. The second kappa shape index (κ2) is 6.44. The Kier molecular flexibility index (Phi) is 4.19. The largest absolute Gasteiger partial charge is 0.352 e. The van der Waals surface area contributed by atoms with Gasteiger partial charge in [-0.3, -0.25) is 9.78 Å². The molecule has 5 heteroatoms. The summed E-state index contributed by atoms with van der Waals surface area (Å²) in [6, 6.07) is 13.6. The van der Waals surface area contributed by atoms with Gasteiger partial charge in [0.15, 0.2) is 0 Å². The summed E-state index contributed by atoms with van der Waals surface area (Å²) in [5.74, 6) is 0.429. The number of para-hydroxylation sites is 1. The van der Waals surface area contributed by atoms with Crippen LogP contribution in [-0.4, -0.2) is 15.9 Å². The van der Waals surface area contributed by atoms with E-state index in [-0.39, 0.29) is 11.8 Å². The number of aromatic nitrogens is 2. The molecule has 3 rings (SSSR count). The summed E-state index contributed by atoms with van der Waals surface area (Å²) in [6.07, 6.45) is 3.47. The molecule has 2 aromatic heterocycles. The molecule has 0 aliphatic rings. The fraction of sp³-hybridized carbons (Fsp3) is 0.167. The highest BCUT2D eigenvalue weighted by atomic mass is 16.1. The molecule has 0 atom stereocenters. The number of carbonyl (C=O) groups is 1. The van der Waals surface area contributed by atoms with Crippen LogP contribution in [0.5, 0.6) is 0 Å². The number of fused-ring (bicyclic) bond motifs is 1. The molecule has 0 unspecified atom stereocenters. The van der Waals surface area contributed by atoms with Crippen molar-refractivity contribution in [1.82, 2.24) is 9.97 Å². The van der Waals surface area contributed by atoms with E-state index in [9.17, 15) is 4.79 Å². The number of rotatable bonds is 4. The lowest BCUT2D eigenvalue weighted by Crippen LogP contribution is -2.18. The van der Waals surface area contributed by atoms with Gasteiger partial charge in [0.1, 0.15) is 5.82 Å². The van der Waals surface area contributed by atoms with Crippen LogP contribution >= 0.6 is 0 Å². The maximum atomic E-state index is 11.7. The molecule has 1 amide bonds. The van der Waals surface area contributed by atoms with Crippen molar-refractivity contribution in [3.05, 3.63) is 54.9 Å². The van der Waals surface area contributed by atoms with Gasteiger partial charge in [-0.05, 0) is 24.3 Å². The number of nitrogens with zero attached hydrogens (tertiary/aromatic N) is 2. The third kappa shape index (κ3) is 3.45. The first-order valence-corrected chi connectivity index (χ1v) is 7.51. The summed E-state index contributed by atoms with van der Waals surface area (Å²) in [6.45, 7) is 3.69. The smallest absolute Gasteiger partial charge is 0.228 e. The molecule has 3 aromatic rings. The third-order valence-electron chi connectivity index (χ3n) is 3.45. The topological polar surface area (TPSA) is 66.9 Å². The number of anilines is 3. The van der Waals surface area contributed by atoms with Crippen molar-refractivity contribution in [2.75, 3.05) is 10.6 Å². The van der Waals surface area contributed by atoms with E-state index < -0.39 is 0 Å². The lowest BCUT2D eigenvalue weighted by atomic mass is 10.2. The van der Waals surface area contributed by atoms with E-state index in [1.54, 1.807) is 18.5 Å². The van der Waals surface area contributed by atoms with Gasteiger partial charge < -0.3 is 10.6 Å². The quantitative estimate of drug-likeness (QED) is 0.765. The molecule has 0 fully saturated rings. The van der Waals surface area contributed by atoms with Crippen LogP contribution in [0.2, 0.25) is 0 Å². The average molecular weight is 306 g/mol. The Labute approximate surface area is 134 Å². The Bertz CT molecular complexity index is 823. The summed E-state index contributed by atoms with van der Waals surface area (Å²) in [5.41, 5.74) is 2.67. The van der Waals surface area contributed by atoms with Crippen molar-refractivity contribution in [3.8, 4) is 0 Å². The molecule has 0 saturated heterocycles. The second-order valence-electron chi connectivity index (χ2n) is 5.58. The summed E-state index contributed by atoms with van der Waals surface area (Å²) in [7, 11) is 0. The van der Waals surface area contributed by atoms with Crippen molar-refractivity contribution in [2.45, 2.75) is 13.8 Å². The molecule has 0 aliphatic carbocycles. The average Bonchev–Trinajstić information content (AvgIpc) is 2.57. The van der Waals surface area contributed by atoms with Gasteiger partial charge in [-0.1, -0.05) is 32.0 Å². The van der Waals surface area contributed by atoms with Crippen molar-refractivity contribution in [1.29, 1.82) is 0 Å². The third-order valence-corrected chi connectivity index (χ3v) is 3.45. The van der Waals surface area contributed by atoms with Gasteiger partial charge in [0.2, 0.25) is 5.91 Å². The Hall–Kier alpha value is -2.95. The lowest BCUT2D eigenvalue weighted by Gasteiger charge is -2.10. The molecular weight excluding hydrogens is 288 g/mol. The molecule has 23 heavy (non-hydrogen) atoms. The highest BCUT2D eigenvalue weighted by Gasteiger charge is 2.08. The first-order valence-electron chi connectivity index (χ1n) is 7.51. The maximum absolute atomic E-state index is 11.7. The van der Waals surface area contributed by atoms with Gasteiger partial charge in [0.25, 0.3) is 0 Å². The van der Waals surface area contributed by atoms with Crippen LogP contribution in [0.1, 0.15) is 13.8 Å². The highest BCUT2D eigenvalue weighted by Crippen LogP contribution is 2.24. The molecule has 0 radical (unpaired) electrons. The van der Waals surface area contributed by atoms with Crippen molar-refractivity contribution in [2.24, 2.45) is 5.92 Å². The molecule has 0 bridgehead atoms. The van der Waals surface area contributed by atoms with E-state index >= 15 is 0 Å². The van der Waals surface area contributed by atoms with E-state index in [2.05, 4.69) is 20.6 Å². The molecule has 2 heterocycles. The molecule has 2 N–H and O–H groups in total. The summed E-state index contributed by atoms with van der Waals surface area (Å²) in [5, 5.41) is 7.16. The van der Waals surface area contributed by atoms with Gasteiger partial charge in [-0.25, -0.2) is 4.98 Å². The lowest BCUT2D eigenvalue weighted by molar-refractivity contribution is -0.118. The normalized spacial score (nSPS) is 10.7. The van der Waals surface area contributed by atoms with Gasteiger partial charge in [0, 0.05) is 17.5 Å². The number of benzene rings is 1. The molecule has 0 spiro atoms. The zero-order valence-electron chi connectivity index (χ0n) is 13.1. The molecule has 116 valence electrons. The van der Waals surface area contributed by atoms with Crippen LogP contribution in [0.3, 0.4) is 0 Å². The van der Waals surface area contributed by atoms with Gasteiger partial charge >= 0.3 is 0 Å². The molecular formula is C18H18N4O. The number of carbonyl (C=O) groups excluding carboxylic acids is 1. The first-order chi connectivity index (χ1) is 11.1. The van der Waals surface area contributed by atoms with Crippen molar-refractivity contribution < 1.29 is 4.79 Å². The predicted octanol–water partition coefficient (Wildman–Crippen LogP) is 3.97. The maximum Gasteiger partial charge on any atom is 0.228 e. The van der Waals surface area contributed by atoms with Crippen LogP contribution in [0.25, 0.3) is 10.9 Å². The standard InChI is InChI=1S/C18H18N4O/c1-12(2)18(23)22-16-9-8-14(11-20-16)21-15-7-3-5-13-6-4-10-19-17(13)15/h3-12,21H,1-2H3,(H,20,22,23). The minimum atomic E-state index is -0.0728. The highest BCUT2D eigenvalue weighted by molar-refractivity contribution is 5.92. The number of nitrogens with one attached hydrogen (secondary N) is 2. The van der Waals surface area contributed by atoms with Crippen LogP contribution in [0.4, 0.5) is 17.2 Å². The number of hydrogen-bond acceptors (Lipinski definition) is 4. The fourth-order valence-electron chi connectivity index (χ4n) is 2.17. The first kappa shape index (κ1) is 15.0. The number of pyridine rings is 2. The van der Waals surface area contributed by atoms with E-state index in [1.807, 2.05) is 50.2 Å². The second-order valence-corrected chi connectivity index (χ2v) is 5.58.